The van der Waals surface area contributed by atoms with Gasteiger partial charge in [-0.15, -0.1) is 0 Å². The van der Waals surface area contributed by atoms with E-state index in [1.807, 2.05) is 30.3 Å². The van der Waals surface area contributed by atoms with Crippen molar-refractivity contribution in [2.45, 2.75) is 0 Å². The molecule has 0 N–H and O–H groups in total. The van der Waals surface area contributed by atoms with Gasteiger partial charge in [0, 0.05) is 36.9 Å². The van der Waals surface area contributed by atoms with Crippen LogP contribution in [0, 0.1) is 74.0 Å². The smallest absolute Gasteiger partial charge is 0 e. The van der Waals surface area contributed by atoms with Crippen LogP contribution in [0.4, 0.5) is 0 Å². The first-order chi connectivity index (χ1) is 2.50. The van der Waals surface area contributed by atoms with E-state index in [4.69, 9.17) is 0 Å². The van der Waals surface area contributed by atoms with E-state index in [-0.39, 0.29) is 74.0 Å². The molecule has 0 bridgehead atoms. The molecule has 81 valence electrons. The molecule has 0 fully saturated rings. The third-order valence-corrected chi connectivity index (χ3v) is 0.556. The zero-order valence-corrected chi connectivity index (χ0v) is 9.80. The molecule has 1 rings (SSSR count). The van der Waals surface area contributed by atoms with E-state index in [2.05, 4.69) is 0 Å². The molecule has 0 saturated heterocycles. The van der Waals surface area contributed by atoms with E-state index in [1.165, 1.54) is 0 Å². The van der Waals surface area contributed by atoms with Gasteiger partial charge in [-0.2, -0.15) is 18.2 Å². The monoisotopic (exact) mass is 315 g/mol. The summed E-state index contributed by atoms with van der Waals surface area (Å²) in [6.45, 7) is 0. The third kappa shape index (κ3) is 25.0. The van der Waals surface area contributed by atoms with Crippen LogP contribution in [0.2, 0.25) is 0 Å². The van der Waals surface area contributed by atoms with Crippen LogP contribution in [-0.2, 0) is 0 Å². The molecule has 0 heterocycles. The Balaban J connectivity index is -0.0000000104. The summed E-state index contributed by atoms with van der Waals surface area (Å²) in [7, 11) is 0. The Morgan fingerprint density at radius 2 is 0.909 bits per heavy atom. The summed E-state index contributed by atoms with van der Waals surface area (Å²) in [4.78, 5) is 0. The number of hydrogen-bond acceptors (Lipinski definition) is 0. The molecule has 0 nitrogen and oxygen atoms in total. The maximum absolute atomic E-state index is 2.00. The predicted molar refractivity (Wildman–Crippen MR) is 54.1 cm³/mol. The Hall–Kier alpha value is 0.584. The maximum atomic E-state index is 2.00. The summed E-state index contributed by atoms with van der Waals surface area (Å²) in [6.07, 6.45) is 0. The standard InChI is InChI=1S/C5H5.5CH3.Lu/c1-2-4-5-3-1;;;;;;/h1-5H;5*1H3;/q6*-1;. The van der Waals surface area contributed by atoms with Gasteiger partial charge in [-0.1, -0.05) is 0 Å². The first-order valence-corrected chi connectivity index (χ1v) is 1.67. The quantitative estimate of drug-likeness (QED) is 0.641. The van der Waals surface area contributed by atoms with Gasteiger partial charge < -0.3 is 37.1 Å². The van der Waals surface area contributed by atoms with Crippen molar-refractivity contribution in [2.24, 2.45) is 0 Å². The Labute approximate surface area is 104 Å². The molecule has 0 spiro atoms. The molecule has 0 amide bonds. The van der Waals surface area contributed by atoms with E-state index >= 15 is 0 Å². The van der Waals surface area contributed by atoms with Crippen LogP contribution >= 0.6 is 0 Å². The normalized spacial score (nSPS) is 3.64. The fourth-order valence-electron chi connectivity index (χ4n) is 0.321. The van der Waals surface area contributed by atoms with Gasteiger partial charge in [0.05, 0.1) is 0 Å². The molecule has 0 saturated carbocycles. The average molecular weight is 315 g/mol. The molecule has 0 aliphatic carbocycles. The van der Waals surface area contributed by atoms with Crippen LogP contribution < -0.4 is 0 Å². The molecule has 1 heteroatoms. The third-order valence-electron chi connectivity index (χ3n) is 0.556. The topological polar surface area (TPSA) is 0 Å². The van der Waals surface area contributed by atoms with Crippen molar-refractivity contribution in [3.63, 3.8) is 0 Å². The zero-order valence-electron chi connectivity index (χ0n) is 8.14. The fraction of sp³-hybridized carbons (Fsp3) is 0. The van der Waals surface area contributed by atoms with E-state index in [0.717, 1.165) is 0 Å². The minimum atomic E-state index is 0. The van der Waals surface area contributed by atoms with Crippen molar-refractivity contribution in [1.29, 1.82) is 0 Å². The first kappa shape index (κ1) is 41.6. The van der Waals surface area contributed by atoms with Crippen LogP contribution in [0.5, 0.6) is 0 Å². The molecule has 0 aliphatic rings. The van der Waals surface area contributed by atoms with Gasteiger partial charge in [0.1, 0.15) is 0 Å². The van der Waals surface area contributed by atoms with Crippen molar-refractivity contribution >= 4 is 0 Å². The molecule has 1 radical (unpaired) electrons. The molecule has 1 aromatic rings. The molecular formula is C10H20Lu-6. The van der Waals surface area contributed by atoms with E-state index in [9.17, 15) is 0 Å². The van der Waals surface area contributed by atoms with Gasteiger partial charge in [0.2, 0.25) is 0 Å². The summed E-state index contributed by atoms with van der Waals surface area (Å²) in [5, 5.41) is 0. The largest absolute Gasteiger partial charge is 0.358 e. The molecule has 0 aromatic heterocycles. The van der Waals surface area contributed by atoms with Gasteiger partial charge in [0.15, 0.2) is 0 Å². The minimum absolute atomic E-state index is 0. The summed E-state index contributed by atoms with van der Waals surface area (Å²) in [5.74, 6) is 0. The molecule has 0 aliphatic heterocycles. The Morgan fingerprint density at radius 3 is 1.00 bits per heavy atom. The van der Waals surface area contributed by atoms with Gasteiger partial charge in [0.25, 0.3) is 0 Å². The molecule has 0 atom stereocenters. The minimum Gasteiger partial charge on any atom is -0.358 e. The van der Waals surface area contributed by atoms with E-state index in [0.29, 0.717) is 0 Å². The zero-order chi connectivity index (χ0) is 3.54. The SMILES string of the molecule is [CH3-].[CH3-].[CH3-].[CH3-].[CH3-].[Lu].c1cc[cH-]c1. The van der Waals surface area contributed by atoms with Gasteiger partial charge in [-0.3, -0.25) is 0 Å². The second kappa shape index (κ2) is 31.2. The van der Waals surface area contributed by atoms with Gasteiger partial charge >= 0.3 is 0 Å². The van der Waals surface area contributed by atoms with Crippen molar-refractivity contribution in [1.82, 2.24) is 0 Å². The fourth-order valence-corrected chi connectivity index (χ4v) is 0.321. The molecule has 11 heavy (non-hydrogen) atoms. The second-order valence-corrected chi connectivity index (χ2v) is 0.962. The second-order valence-electron chi connectivity index (χ2n) is 0.962. The number of rotatable bonds is 0. The van der Waals surface area contributed by atoms with Crippen LogP contribution in [0.1, 0.15) is 0 Å². The molecular weight excluding hydrogens is 295 g/mol. The van der Waals surface area contributed by atoms with Crippen molar-refractivity contribution in [3.8, 4) is 0 Å². The van der Waals surface area contributed by atoms with Crippen LogP contribution in [0.15, 0.2) is 30.3 Å². The Kier molecular flexibility index (Phi) is 118. The predicted octanol–water partition coefficient (Wildman–Crippen LogP) is 3.66. The average Bonchev–Trinajstić information content (AvgIpc) is 1.76. The van der Waals surface area contributed by atoms with Crippen molar-refractivity contribution < 1.29 is 36.9 Å². The van der Waals surface area contributed by atoms with E-state index in [1.54, 1.807) is 0 Å². The number of hydrogen-bond donors (Lipinski definition) is 0. The van der Waals surface area contributed by atoms with Crippen LogP contribution in [0.25, 0.3) is 0 Å². The van der Waals surface area contributed by atoms with Gasteiger partial charge in [-0.05, 0) is 0 Å². The van der Waals surface area contributed by atoms with Crippen molar-refractivity contribution in [2.75, 3.05) is 0 Å². The summed E-state index contributed by atoms with van der Waals surface area (Å²) in [6, 6.07) is 10.0. The molecule has 1 aromatic carbocycles. The Morgan fingerprint density at radius 1 is 0.636 bits per heavy atom. The summed E-state index contributed by atoms with van der Waals surface area (Å²) < 4.78 is 0. The first-order valence-electron chi connectivity index (χ1n) is 1.67. The summed E-state index contributed by atoms with van der Waals surface area (Å²) in [5.41, 5.74) is 0. The Bertz CT molecular complexity index is 61.3. The van der Waals surface area contributed by atoms with Crippen LogP contribution in [0.3, 0.4) is 0 Å². The molecule has 0 unspecified atom stereocenters. The van der Waals surface area contributed by atoms with Gasteiger partial charge in [-0.25, -0.2) is 12.1 Å². The van der Waals surface area contributed by atoms with Crippen molar-refractivity contribution in [3.05, 3.63) is 67.5 Å². The summed E-state index contributed by atoms with van der Waals surface area (Å²) >= 11 is 0. The van der Waals surface area contributed by atoms with E-state index < -0.39 is 0 Å². The van der Waals surface area contributed by atoms with Crippen LogP contribution in [-0.4, -0.2) is 0 Å². The maximum Gasteiger partial charge on any atom is 0 e.